The average Bonchev–Trinajstić information content (AvgIpc) is 3.35. The molecule has 4 rings (SSSR count). The zero-order valence-corrected chi connectivity index (χ0v) is 22.2. The van der Waals surface area contributed by atoms with Gasteiger partial charge in [-0.25, -0.2) is 18.6 Å². The monoisotopic (exact) mass is 540 g/mol. The van der Waals surface area contributed by atoms with Crippen molar-refractivity contribution in [3.05, 3.63) is 69.6 Å². The molecule has 9 heteroatoms. The second kappa shape index (κ2) is 12.3. The van der Waals surface area contributed by atoms with E-state index in [1.54, 1.807) is 5.38 Å². The van der Waals surface area contributed by atoms with Gasteiger partial charge in [0.2, 0.25) is 0 Å². The summed E-state index contributed by atoms with van der Waals surface area (Å²) in [5, 5.41) is 13.6. The molecule has 200 valence electrons. The number of rotatable bonds is 9. The van der Waals surface area contributed by atoms with Gasteiger partial charge in [0.05, 0.1) is 12.3 Å². The third-order valence-corrected chi connectivity index (χ3v) is 7.59. The first-order valence-electron chi connectivity index (χ1n) is 12.6. The first-order chi connectivity index (χ1) is 18.2. The van der Waals surface area contributed by atoms with Gasteiger partial charge >= 0.3 is 5.97 Å². The maximum atomic E-state index is 14.5. The number of aliphatic carboxylic acids is 1. The second-order valence-electron chi connectivity index (χ2n) is 9.55. The van der Waals surface area contributed by atoms with Crippen LogP contribution in [0.3, 0.4) is 0 Å². The van der Waals surface area contributed by atoms with E-state index in [4.69, 9.17) is 9.84 Å². The third-order valence-electron chi connectivity index (χ3n) is 6.83. The predicted molar refractivity (Wildman–Crippen MR) is 145 cm³/mol. The van der Waals surface area contributed by atoms with Crippen molar-refractivity contribution < 1.29 is 28.2 Å². The van der Waals surface area contributed by atoms with Crippen LogP contribution in [0.15, 0.2) is 41.3 Å². The van der Waals surface area contributed by atoms with Gasteiger partial charge in [0, 0.05) is 33.2 Å². The van der Waals surface area contributed by atoms with Gasteiger partial charge in [-0.3, -0.25) is 10.1 Å². The molecule has 2 N–H and O–H groups in total. The van der Waals surface area contributed by atoms with Crippen LogP contribution in [0.1, 0.15) is 66.9 Å². The molecule has 0 spiro atoms. The Morgan fingerprint density at radius 1 is 1.18 bits per heavy atom. The van der Waals surface area contributed by atoms with Crippen LogP contribution >= 0.6 is 11.3 Å². The minimum atomic E-state index is -1.29. The Labute approximate surface area is 224 Å². The van der Waals surface area contributed by atoms with E-state index in [9.17, 15) is 18.4 Å². The molecule has 6 nitrogen and oxygen atoms in total. The normalized spacial score (nSPS) is 14.4. The number of anilines is 1. The minimum absolute atomic E-state index is 0.232. The lowest BCUT2D eigenvalue weighted by molar-refractivity contribution is -0.132. The van der Waals surface area contributed by atoms with E-state index in [0.29, 0.717) is 12.3 Å². The number of thiazole rings is 1. The highest BCUT2D eigenvalue weighted by Crippen LogP contribution is 2.33. The first kappa shape index (κ1) is 27.4. The van der Waals surface area contributed by atoms with Crippen LogP contribution in [0.2, 0.25) is 0 Å². The van der Waals surface area contributed by atoms with E-state index in [1.165, 1.54) is 50.4 Å². The molecule has 0 atom stereocenters. The zero-order chi connectivity index (χ0) is 27.2. The molecular weight excluding hydrogens is 510 g/mol. The van der Waals surface area contributed by atoms with E-state index in [-0.39, 0.29) is 16.3 Å². The summed E-state index contributed by atoms with van der Waals surface area (Å²) in [5.41, 5.74) is 1.48. The van der Waals surface area contributed by atoms with Crippen molar-refractivity contribution >= 4 is 34.4 Å². The molecule has 2 aromatic carbocycles. The number of halogens is 2. The summed E-state index contributed by atoms with van der Waals surface area (Å²) in [6.07, 6.45) is 8.44. The number of hydrogen-bond donors (Lipinski definition) is 2. The van der Waals surface area contributed by atoms with E-state index in [2.05, 4.69) is 10.3 Å². The molecule has 1 saturated carbocycles. The number of carbonyl (C=O) groups excluding carboxylic acids is 1. The number of ether oxygens (including phenoxy) is 1. The van der Waals surface area contributed by atoms with Crippen molar-refractivity contribution in [1.29, 1.82) is 0 Å². The number of benzene rings is 2. The molecule has 1 aromatic heterocycles. The Morgan fingerprint density at radius 2 is 1.89 bits per heavy atom. The number of hydrogen-bond acceptors (Lipinski definition) is 5. The summed E-state index contributed by atoms with van der Waals surface area (Å²) in [4.78, 5) is 28.1. The van der Waals surface area contributed by atoms with E-state index >= 15 is 0 Å². The zero-order valence-electron chi connectivity index (χ0n) is 21.4. The number of aromatic nitrogens is 1. The lowest BCUT2D eigenvalue weighted by Crippen LogP contribution is -2.13. The number of carbonyl (C=O) groups is 2. The fourth-order valence-corrected chi connectivity index (χ4v) is 5.32. The van der Waals surface area contributed by atoms with Crippen LogP contribution in [0.4, 0.5) is 13.9 Å². The average molecular weight is 541 g/mol. The van der Waals surface area contributed by atoms with Gasteiger partial charge < -0.3 is 9.84 Å². The maximum Gasteiger partial charge on any atom is 0.331 e. The molecule has 1 heterocycles. The number of carboxylic acid groups (broad SMARTS) is 1. The SMILES string of the molecule is C/C(=C\c1c(F)cc(C(=O)Nc2nc(-c3cccc(OCCC4CCCCC4)c3C)cs2)cc1F)C(=O)O. The summed E-state index contributed by atoms with van der Waals surface area (Å²) in [7, 11) is 0. The van der Waals surface area contributed by atoms with Gasteiger partial charge in [0.15, 0.2) is 5.13 Å². The van der Waals surface area contributed by atoms with Crippen LogP contribution in [-0.2, 0) is 4.79 Å². The summed E-state index contributed by atoms with van der Waals surface area (Å²) < 4.78 is 35.0. The lowest BCUT2D eigenvalue weighted by Gasteiger charge is -2.21. The predicted octanol–water partition coefficient (Wildman–Crippen LogP) is 7.49. The molecule has 1 aliphatic rings. The molecule has 0 saturated heterocycles. The van der Waals surface area contributed by atoms with Gasteiger partial charge in [-0.2, -0.15) is 0 Å². The summed E-state index contributed by atoms with van der Waals surface area (Å²) in [5.74, 6) is -2.56. The number of amides is 1. The summed E-state index contributed by atoms with van der Waals surface area (Å²) in [6.45, 7) is 3.87. The molecule has 1 amide bonds. The van der Waals surface area contributed by atoms with Crippen LogP contribution in [0.25, 0.3) is 17.3 Å². The maximum absolute atomic E-state index is 14.5. The van der Waals surface area contributed by atoms with Gasteiger partial charge in [-0.05, 0) is 50.5 Å². The van der Waals surface area contributed by atoms with Crippen LogP contribution < -0.4 is 10.1 Å². The smallest absolute Gasteiger partial charge is 0.331 e. The fraction of sp³-hybridized carbons (Fsp3) is 0.345. The van der Waals surface area contributed by atoms with E-state index in [0.717, 1.165) is 47.4 Å². The Hall–Kier alpha value is -3.59. The van der Waals surface area contributed by atoms with Gasteiger partial charge in [-0.15, -0.1) is 11.3 Å². The summed E-state index contributed by atoms with van der Waals surface area (Å²) in [6, 6.07) is 7.51. The van der Waals surface area contributed by atoms with Crippen molar-refractivity contribution in [1.82, 2.24) is 4.98 Å². The lowest BCUT2D eigenvalue weighted by atomic mass is 9.87. The van der Waals surface area contributed by atoms with Crippen molar-refractivity contribution in [2.24, 2.45) is 5.92 Å². The number of nitrogens with one attached hydrogen (secondary N) is 1. The highest BCUT2D eigenvalue weighted by atomic mass is 32.1. The van der Waals surface area contributed by atoms with E-state index < -0.39 is 29.1 Å². The molecule has 1 aliphatic carbocycles. The van der Waals surface area contributed by atoms with Crippen LogP contribution in [0.5, 0.6) is 5.75 Å². The van der Waals surface area contributed by atoms with Gasteiger partial charge in [0.1, 0.15) is 17.4 Å². The molecule has 3 aromatic rings. The minimum Gasteiger partial charge on any atom is -0.493 e. The Kier molecular flexibility index (Phi) is 8.89. The standard InChI is InChI=1S/C29H30F2N2O4S/c1-17(28(35)36)13-22-23(30)14-20(15-24(22)31)27(34)33-29-32-25(16-38-29)21-9-6-10-26(18(21)2)37-12-11-19-7-4-3-5-8-19/h6,9-10,13-16,19H,3-5,7-8,11-12H2,1-2H3,(H,35,36)(H,32,33,34)/b17-13+. The van der Waals surface area contributed by atoms with Crippen molar-refractivity contribution in [2.45, 2.75) is 52.4 Å². The molecular formula is C29H30F2N2O4S. The number of carboxylic acids is 1. The molecule has 0 aliphatic heterocycles. The molecule has 38 heavy (non-hydrogen) atoms. The Balaban J connectivity index is 1.43. The highest BCUT2D eigenvalue weighted by Gasteiger charge is 2.18. The van der Waals surface area contributed by atoms with E-state index in [1.807, 2.05) is 25.1 Å². The van der Waals surface area contributed by atoms with Crippen molar-refractivity contribution in [3.8, 4) is 17.0 Å². The van der Waals surface area contributed by atoms with Crippen molar-refractivity contribution in [3.63, 3.8) is 0 Å². The van der Waals surface area contributed by atoms with Crippen LogP contribution in [0, 0.1) is 24.5 Å². The largest absolute Gasteiger partial charge is 0.493 e. The molecule has 0 bridgehead atoms. The topological polar surface area (TPSA) is 88.5 Å². The fourth-order valence-electron chi connectivity index (χ4n) is 4.62. The quantitative estimate of drug-likeness (QED) is 0.275. The van der Waals surface area contributed by atoms with Gasteiger partial charge in [-0.1, -0.05) is 44.2 Å². The van der Waals surface area contributed by atoms with Gasteiger partial charge in [0.25, 0.3) is 5.91 Å². The molecule has 1 fully saturated rings. The number of nitrogens with zero attached hydrogens (tertiary/aromatic N) is 1. The third kappa shape index (κ3) is 6.64. The molecule has 0 unspecified atom stereocenters. The first-order valence-corrected chi connectivity index (χ1v) is 13.5. The highest BCUT2D eigenvalue weighted by molar-refractivity contribution is 7.14. The second-order valence-corrected chi connectivity index (χ2v) is 10.4. The van der Waals surface area contributed by atoms with Crippen LogP contribution in [-0.4, -0.2) is 28.6 Å². The van der Waals surface area contributed by atoms with Crippen molar-refractivity contribution in [2.75, 3.05) is 11.9 Å². The Morgan fingerprint density at radius 3 is 2.58 bits per heavy atom. The summed E-state index contributed by atoms with van der Waals surface area (Å²) >= 11 is 1.20. The Bertz CT molecular complexity index is 1340. The molecule has 0 radical (unpaired) electrons.